The molecule has 0 saturated carbocycles. The third-order valence-corrected chi connectivity index (χ3v) is 1.44. The van der Waals surface area contributed by atoms with Gasteiger partial charge in [0.1, 0.15) is 0 Å². The third kappa shape index (κ3) is 5.59. The summed E-state index contributed by atoms with van der Waals surface area (Å²) in [4.78, 5) is 0. The highest BCUT2D eigenvalue weighted by Gasteiger charge is 1.80. The first-order chi connectivity index (χ1) is 5.70. The Morgan fingerprint density at radius 3 is 1.25 bits per heavy atom. The lowest BCUT2D eigenvalue weighted by molar-refractivity contribution is 0.886. The van der Waals surface area contributed by atoms with Crippen molar-refractivity contribution in [3.63, 3.8) is 0 Å². The van der Waals surface area contributed by atoms with Crippen LogP contribution in [0.1, 0.15) is 26.7 Å². The van der Waals surface area contributed by atoms with Gasteiger partial charge < -0.3 is 11.5 Å². The summed E-state index contributed by atoms with van der Waals surface area (Å²) in [6.45, 7) is 4.36. The molecule has 1 rings (SSSR count). The number of benzene rings is 1. The van der Waals surface area contributed by atoms with Gasteiger partial charge in [-0.25, -0.2) is 0 Å². The number of hydrogen-bond acceptors (Lipinski definition) is 2. The normalized spacial score (nSPS) is 8.50. The fourth-order valence-electron chi connectivity index (χ4n) is 0.496. The van der Waals surface area contributed by atoms with Crippen LogP contribution in [0.3, 0.4) is 0 Å². The van der Waals surface area contributed by atoms with E-state index in [0.29, 0.717) is 0 Å². The van der Waals surface area contributed by atoms with Crippen molar-refractivity contribution < 1.29 is 0 Å². The second-order valence-electron chi connectivity index (χ2n) is 2.67. The predicted molar refractivity (Wildman–Crippen MR) is 55.8 cm³/mol. The summed E-state index contributed by atoms with van der Waals surface area (Å²) in [6, 6.07) is 7.09. The van der Waals surface area contributed by atoms with Gasteiger partial charge in [0.2, 0.25) is 0 Å². The van der Waals surface area contributed by atoms with Gasteiger partial charge in [-0.3, -0.25) is 0 Å². The van der Waals surface area contributed by atoms with Gasteiger partial charge in [-0.2, -0.15) is 0 Å². The molecule has 4 N–H and O–H groups in total. The van der Waals surface area contributed by atoms with Crippen molar-refractivity contribution in [3.05, 3.63) is 24.3 Å². The molecule has 68 valence electrons. The van der Waals surface area contributed by atoms with Gasteiger partial charge >= 0.3 is 0 Å². The van der Waals surface area contributed by atoms with Crippen molar-refractivity contribution in [2.45, 2.75) is 26.7 Å². The first kappa shape index (κ1) is 10.8. The molecule has 0 bridgehead atoms. The van der Waals surface area contributed by atoms with E-state index in [1.54, 1.807) is 24.3 Å². The molecule has 0 aliphatic heterocycles. The molecule has 0 spiro atoms. The van der Waals surface area contributed by atoms with Gasteiger partial charge in [0.25, 0.3) is 0 Å². The van der Waals surface area contributed by atoms with Crippen molar-refractivity contribution in [3.8, 4) is 0 Å². The molecule has 0 fully saturated rings. The zero-order valence-electron chi connectivity index (χ0n) is 7.88. The topological polar surface area (TPSA) is 52.0 Å². The molecule has 0 radical (unpaired) electrons. The minimum atomic E-state index is 0.749. The van der Waals surface area contributed by atoms with Crippen LogP contribution in [0.25, 0.3) is 0 Å². The van der Waals surface area contributed by atoms with Gasteiger partial charge in [0, 0.05) is 11.4 Å². The summed E-state index contributed by atoms with van der Waals surface area (Å²) in [5.41, 5.74) is 12.2. The van der Waals surface area contributed by atoms with E-state index >= 15 is 0 Å². The lowest BCUT2D eigenvalue weighted by Gasteiger charge is -1.90. The fourth-order valence-corrected chi connectivity index (χ4v) is 0.496. The lowest BCUT2D eigenvalue weighted by atomic mass is 10.3. The molecule has 0 atom stereocenters. The van der Waals surface area contributed by atoms with Crippen LogP contribution in [0.5, 0.6) is 0 Å². The number of anilines is 2. The summed E-state index contributed by atoms with van der Waals surface area (Å²) >= 11 is 0. The number of unbranched alkanes of at least 4 members (excludes halogenated alkanes) is 1. The van der Waals surface area contributed by atoms with E-state index in [-0.39, 0.29) is 0 Å². The van der Waals surface area contributed by atoms with E-state index in [9.17, 15) is 0 Å². The van der Waals surface area contributed by atoms with Crippen molar-refractivity contribution >= 4 is 11.4 Å². The van der Waals surface area contributed by atoms with Crippen molar-refractivity contribution in [2.24, 2.45) is 0 Å². The lowest BCUT2D eigenvalue weighted by Crippen LogP contribution is -1.86. The Balaban J connectivity index is 0.000000261. The van der Waals surface area contributed by atoms with Crippen LogP contribution >= 0.6 is 0 Å². The molecule has 2 heteroatoms. The zero-order chi connectivity index (χ0) is 9.40. The highest BCUT2D eigenvalue weighted by Crippen LogP contribution is 2.04. The Morgan fingerprint density at radius 2 is 1.08 bits per heavy atom. The van der Waals surface area contributed by atoms with Crippen LogP contribution in [0.4, 0.5) is 11.4 Å². The molecule has 2 nitrogen and oxygen atoms in total. The Morgan fingerprint density at radius 1 is 0.833 bits per heavy atom. The van der Waals surface area contributed by atoms with Crippen LogP contribution in [0.15, 0.2) is 24.3 Å². The van der Waals surface area contributed by atoms with Crippen LogP contribution in [-0.4, -0.2) is 0 Å². The van der Waals surface area contributed by atoms with Crippen LogP contribution in [-0.2, 0) is 0 Å². The molecule has 0 aliphatic carbocycles. The molecule has 12 heavy (non-hydrogen) atoms. The SMILES string of the molecule is CCCC.Nc1ccc(N)cc1. The van der Waals surface area contributed by atoms with E-state index in [1.165, 1.54) is 12.8 Å². The Hall–Kier alpha value is -1.18. The number of nitrogens with two attached hydrogens (primary N) is 2. The summed E-state index contributed by atoms with van der Waals surface area (Å²) in [6.07, 6.45) is 2.64. The number of rotatable bonds is 1. The minimum Gasteiger partial charge on any atom is -0.399 e. The molecular formula is C10H18N2. The average molecular weight is 166 g/mol. The molecule has 1 aromatic carbocycles. The fraction of sp³-hybridized carbons (Fsp3) is 0.400. The van der Waals surface area contributed by atoms with Gasteiger partial charge in [0.05, 0.1) is 0 Å². The first-order valence-electron chi connectivity index (χ1n) is 4.31. The summed E-state index contributed by atoms with van der Waals surface area (Å²) in [7, 11) is 0. The molecular weight excluding hydrogens is 148 g/mol. The second-order valence-corrected chi connectivity index (χ2v) is 2.67. The molecule has 0 heterocycles. The van der Waals surface area contributed by atoms with Gasteiger partial charge in [-0.1, -0.05) is 26.7 Å². The van der Waals surface area contributed by atoms with Gasteiger partial charge in [-0.15, -0.1) is 0 Å². The Labute approximate surface area is 74.6 Å². The summed E-state index contributed by atoms with van der Waals surface area (Å²) < 4.78 is 0. The maximum atomic E-state index is 5.37. The molecule has 0 saturated heterocycles. The van der Waals surface area contributed by atoms with E-state index in [0.717, 1.165) is 11.4 Å². The molecule has 0 aliphatic rings. The molecule has 0 aromatic heterocycles. The quantitative estimate of drug-likeness (QED) is 0.630. The van der Waals surface area contributed by atoms with Crippen LogP contribution in [0, 0.1) is 0 Å². The van der Waals surface area contributed by atoms with Crippen molar-refractivity contribution in [1.82, 2.24) is 0 Å². The number of hydrogen-bond donors (Lipinski definition) is 2. The predicted octanol–water partition coefficient (Wildman–Crippen LogP) is 2.66. The van der Waals surface area contributed by atoms with E-state index < -0.39 is 0 Å². The van der Waals surface area contributed by atoms with Gasteiger partial charge in [0.15, 0.2) is 0 Å². The maximum Gasteiger partial charge on any atom is 0.0315 e. The summed E-state index contributed by atoms with van der Waals surface area (Å²) in [5.74, 6) is 0. The zero-order valence-corrected chi connectivity index (χ0v) is 7.88. The maximum absolute atomic E-state index is 5.37. The smallest absolute Gasteiger partial charge is 0.0315 e. The van der Waals surface area contributed by atoms with Crippen molar-refractivity contribution in [2.75, 3.05) is 11.5 Å². The molecule has 0 unspecified atom stereocenters. The monoisotopic (exact) mass is 166 g/mol. The van der Waals surface area contributed by atoms with Crippen molar-refractivity contribution in [1.29, 1.82) is 0 Å². The first-order valence-corrected chi connectivity index (χ1v) is 4.31. The highest BCUT2D eigenvalue weighted by molar-refractivity contribution is 5.47. The Bertz CT molecular complexity index is 168. The third-order valence-electron chi connectivity index (χ3n) is 1.44. The minimum absolute atomic E-state index is 0.749. The highest BCUT2D eigenvalue weighted by atomic mass is 14.6. The van der Waals surface area contributed by atoms with Gasteiger partial charge in [-0.05, 0) is 24.3 Å². The van der Waals surface area contributed by atoms with Crippen LogP contribution in [0.2, 0.25) is 0 Å². The summed E-state index contributed by atoms with van der Waals surface area (Å²) in [5, 5.41) is 0. The number of nitrogen functional groups attached to an aromatic ring is 2. The largest absolute Gasteiger partial charge is 0.399 e. The molecule has 1 aromatic rings. The van der Waals surface area contributed by atoms with E-state index in [2.05, 4.69) is 13.8 Å². The van der Waals surface area contributed by atoms with E-state index in [4.69, 9.17) is 11.5 Å². The Kier molecular flexibility index (Phi) is 5.88. The van der Waals surface area contributed by atoms with E-state index in [1.807, 2.05) is 0 Å². The van der Waals surface area contributed by atoms with Crippen LogP contribution < -0.4 is 11.5 Å². The standard InChI is InChI=1S/C6H8N2.C4H10/c7-5-1-2-6(8)4-3-5;1-3-4-2/h1-4H,7-8H2;3-4H2,1-2H3. The molecule has 0 amide bonds. The second kappa shape index (κ2) is 6.53. The average Bonchev–Trinajstić information content (AvgIpc) is 2.11.